The van der Waals surface area contributed by atoms with Crippen molar-refractivity contribution < 1.29 is 10.0 Å². The SMILES string of the molecule is CCC[C@@](O)(CC[NH+]1CCCCCC1)c1ccccc1. The maximum Gasteiger partial charge on any atom is 0.0949 e. The van der Waals surface area contributed by atoms with Gasteiger partial charge in [-0.3, -0.25) is 0 Å². The molecule has 1 heterocycles. The van der Waals surface area contributed by atoms with E-state index in [-0.39, 0.29) is 0 Å². The maximum atomic E-state index is 11.1. The van der Waals surface area contributed by atoms with Crippen LogP contribution in [-0.2, 0) is 5.60 Å². The van der Waals surface area contributed by atoms with Gasteiger partial charge in [-0.1, -0.05) is 43.7 Å². The standard InChI is InChI=1S/C18H29NO/c1-2-12-18(20,17-10-6-5-7-11-17)13-16-19-14-8-3-4-9-15-19/h5-7,10-11,20H,2-4,8-9,12-16H2,1H3/p+1/t18-/m1/s1. The van der Waals surface area contributed by atoms with Crippen LogP contribution >= 0.6 is 0 Å². The normalized spacial score (nSPS) is 20.3. The molecule has 1 atom stereocenters. The van der Waals surface area contributed by atoms with Gasteiger partial charge in [0, 0.05) is 6.42 Å². The summed E-state index contributed by atoms with van der Waals surface area (Å²) in [6.45, 7) is 5.84. The fourth-order valence-electron chi connectivity index (χ4n) is 3.44. The highest BCUT2D eigenvalue weighted by molar-refractivity contribution is 5.22. The minimum absolute atomic E-state index is 0.630. The third-order valence-electron chi connectivity index (χ3n) is 4.68. The van der Waals surface area contributed by atoms with Crippen molar-refractivity contribution in [1.29, 1.82) is 0 Å². The zero-order valence-electron chi connectivity index (χ0n) is 12.9. The van der Waals surface area contributed by atoms with Gasteiger partial charge >= 0.3 is 0 Å². The molecule has 1 aromatic rings. The molecule has 20 heavy (non-hydrogen) atoms. The Balaban J connectivity index is 1.97. The number of rotatable bonds is 6. The summed E-state index contributed by atoms with van der Waals surface area (Å²) < 4.78 is 0. The lowest BCUT2D eigenvalue weighted by Gasteiger charge is -2.30. The fourth-order valence-corrected chi connectivity index (χ4v) is 3.44. The Morgan fingerprint density at radius 2 is 1.65 bits per heavy atom. The van der Waals surface area contributed by atoms with E-state index in [1.807, 2.05) is 18.2 Å². The van der Waals surface area contributed by atoms with Crippen molar-refractivity contribution in [3.63, 3.8) is 0 Å². The van der Waals surface area contributed by atoms with Crippen LogP contribution in [0.15, 0.2) is 30.3 Å². The van der Waals surface area contributed by atoms with Crippen molar-refractivity contribution in [3.05, 3.63) is 35.9 Å². The lowest BCUT2D eigenvalue weighted by molar-refractivity contribution is -0.900. The first-order valence-corrected chi connectivity index (χ1v) is 8.36. The fraction of sp³-hybridized carbons (Fsp3) is 0.667. The minimum Gasteiger partial charge on any atom is -0.385 e. The first kappa shape index (κ1) is 15.5. The third-order valence-corrected chi connectivity index (χ3v) is 4.68. The predicted octanol–water partition coefficient (Wildman–Crippen LogP) is 2.52. The summed E-state index contributed by atoms with van der Waals surface area (Å²) in [7, 11) is 0. The van der Waals surface area contributed by atoms with Crippen molar-refractivity contribution in [3.8, 4) is 0 Å². The molecule has 1 aromatic carbocycles. The van der Waals surface area contributed by atoms with Gasteiger partial charge in [0.2, 0.25) is 0 Å². The number of quaternary nitrogens is 1. The largest absolute Gasteiger partial charge is 0.385 e. The van der Waals surface area contributed by atoms with Crippen LogP contribution in [0.25, 0.3) is 0 Å². The molecule has 2 rings (SSSR count). The summed E-state index contributed by atoms with van der Waals surface area (Å²) in [6, 6.07) is 10.3. The molecule has 112 valence electrons. The Bertz CT molecular complexity index is 370. The Kier molecular flexibility index (Phi) is 6.06. The Morgan fingerprint density at radius 1 is 1.00 bits per heavy atom. The van der Waals surface area contributed by atoms with Crippen LogP contribution in [0.1, 0.15) is 57.4 Å². The average molecular weight is 276 g/mol. The van der Waals surface area contributed by atoms with E-state index in [1.54, 1.807) is 4.90 Å². The van der Waals surface area contributed by atoms with Gasteiger partial charge < -0.3 is 10.0 Å². The minimum atomic E-state index is -0.630. The highest BCUT2D eigenvalue weighted by Gasteiger charge is 2.29. The molecule has 0 aliphatic carbocycles. The molecule has 0 spiro atoms. The zero-order valence-corrected chi connectivity index (χ0v) is 12.9. The molecule has 2 heteroatoms. The van der Waals surface area contributed by atoms with E-state index in [9.17, 15) is 5.11 Å². The second-order valence-electron chi connectivity index (χ2n) is 6.31. The van der Waals surface area contributed by atoms with Crippen LogP contribution < -0.4 is 4.90 Å². The summed E-state index contributed by atoms with van der Waals surface area (Å²) in [6.07, 6.45) is 8.27. The summed E-state index contributed by atoms with van der Waals surface area (Å²) >= 11 is 0. The number of nitrogens with one attached hydrogen (secondary N) is 1. The second kappa shape index (κ2) is 7.80. The lowest BCUT2D eigenvalue weighted by atomic mass is 9.86. The van der Waals surface area contributed by atoms with Crippen LogP contribution in [-0.4, -0.2) is 24.7 Å². The first-order chi connectivity index (χ1) is 9.74. The summed E-state index contributed by atoms with van der Waals surface area (Å²) in [5.74, 6) is 0. The molecule has 0 saturated carbocycles. The van der Waals surface area contributed by atoms with Crippen LogP contribution in [0.3, 0.4) is 0 Å². The van der Waals surface area contributed by atoms with Gasteiger partial charge in [0.1, 0.15) is 0 Å². The van der Waals surface area contributed by atoms with Crippen LogP contribution in [0.5, 0.6) is 0 Å². The molecule has 0 aromatic heterocycles. The molecule has 1 saturated heterocycles. The molecule has 0 bridgehead atoms. The molecule has 0 radical (unpaired) electrons. The number of benzene rings is 1. The smallest absolute Gasteiger partial charge is 0.0949 e. The summed E-state index contributed by atoms with van der Waals surface area (Å²) in [5.41, 5.74) is 0.464. The Hall–Kier alpha value is -0.860. The first-order valence-electron chi connectivity index (χ1n) is 8.36. The van der Waals surface area contributed by atoms with Gasteiger partial charge in [-0.2, -0.15) is 0 Å². The van der Waals surface area contributed by atoms with Gasteiger partial charge in [-0.25, -0.2) is 0 Å². The molecule has 0 unspecified atom stereocenters. The summed E-state index contributed by atoms with van der Waals surface area (Å²) in [4.78, 5) is 1.69. The van der Waals surface area contributed by atoms with Gasteiger partial charge in [0.05, 0.1) is 25.2 Å². The number of aliphatic hydroxyl groups is 1. The molecule has 1 aliphatic heterocycles. The Labute approximate surface area is 123 Å². The third kappa shape index (κ3) is 4.32. The molecular weight excluding hydrogens is 246 g/mol. The van der Waals surface area contributed by atoms with E-state index < -0.39 is 5.60 Å². The zero-order chi connectivity index (χ0) is 14.3. The van der Waals surface area contributed by atoms with Crippen molar-refractivity contribution in [2.24, 2.45) is 0 Å². The van der Waals surface area contributed by atoms with Gasteiger partial charge in [0.15, 0.2) is 0 Å². The van der Waals surface area contributed by atoms with Crippen LogP contribution in [0.4, 0.5) is 0 Å². The Morgan fingerprint density at radius 3 is 2.25 bits per heavy atom. The lowest BCUT2D eigenvalue weighted by Crippen LogP contribution is -3.12. The quantitative estimate of drug-likeness (QED) is 0.820. The number of likely N-dealkylation sites (tertiary alicyclic amines) is 1. The van der Waals surface area contributed by atoms with E-state index >= 15 is 0 Å². The van der Waals surface area contributed by atoms with Crippen molar-refractivity contribution in [1.82, 2.24) is 0 Å². The molecule has 0 amide bonds. The van der Waals surface area contributed by atoms with Crippen molar-refractivity contribution >= 4 is 0 Å². The maximum absolute atomic E-state index is 11.1. The van der Waals surface area contributed by atoms with Gasteiger partial charge in [-0.05, 0) is 37.7 Å². The molecule has 1 fully saturated rings. The van der Waals surface area contributed by atoms with Crippen LogP contribution in [0, 0.1) is 0 Å². The molecule has 2 N–H and O–H groups in total. The molecular formula is C18H30NO+. The van der Waals surface area contributed by atoms with E-state index in [0.717, 1.165) is 31.4 Å². The van der Waals surface area contributed by atoms with E-state index in [2.05, 4.69) is 19.1 Å². The highest BCUT2D eigenvalue weighted by atomic mass is 16.3. The predicted molar refractivity (Wildman–Crippen MR) is 83.9 cm³/mol. The number of hydrogen-bond donors (Lipinski definition) is 2. The molecule has 2 nitrogen and oxygen atoms in total. The summed E-state index contributed by atoms with van der Waals surface area (Å²) in [5, 5.41) is 11.1. The highest BCUT2D eigenvalue weighted by Crippen LogP contribution is 2.29. The second-order valence-corrected chi connectivity index (χ2v) is 6.31. The van der Waals surface area contributed by atoms with Gasteiger partial charge in [0.25, 0.3) is 0 Å². The van der Waals surface area contributed by atoms with Crippen molar-refractivity contribution in [2.75, 3.05) is 19.6 Å². The van der Waals surface area contributed by atoms with E-state index in [4.69, 9.17) is 0 Å². The van der Waals surface area contributed by atoms with Crippen molar-refractivity contribution in [2.45, 2.75) is 57.5 Å². The number of hydrogen-bond acceptors (Lipinski definition) is 1. The van der Waals surface area contributed by atoms with E-state index in [1.165, 1.54) is 38.8 Å². The van der Waals surface area contributed by atoms with Crippen LogP contribution in [0.2, 0.25) is 0 Å². The van der Waals surface area contributed by atoms with Gasteiger partial charge in [-0.15, -0.1) is 0 Å². The van der Waals surface area contributed by atoms with E-state index in [0.29, 0.717) is 0 Å². The average Bonchev–Trinajstić information content (AvgIpc) is 2.75. The topological polar surface area (TPSA) is 24.7 Å². The molecule has 1 aliphatic rings. The monoisotopic (exact) mass is 276 g/mol.